The van der Waals surface area contributed by atoms with Crippen LogP contribution in [0.5, 0.6) is 0 Å². The zero-order valence-corrected chi connectivity index (χ0v) is 15.3. The standard InChI is InChI=1S/C19H16FN3O3S/c1-12-16(6-3-7-17(12)23(25)26)18(24)21-9-8-15-11-27-19(22-15)13-4-2-5-14(20)10-13/h2-7,10-11H,8-9H2,1H3,(H,21,24). The molecule has 0 saturated heterocycles. The smallest absolute Gasteiger partial charge is 0.273 e. The third-order valence-corrected chi connectivity index (χ3v) is 4.98. The Morgan fingerprint density at radius 3 is 2.81 bits per heavy atom. The molecular formula is C19H16FN3O3S. The van der Waals surface area contributed by atoms with Crippen molar-refractivity contribution in [2.45, 2.75) is 13.3 Å². The number of carbonyl (C=O) groups excluding carboxylic acids is 1. The van der Waals surface area contributed by atoms with Crippen LogP contribution in [0.15, 0.2) is 47.8 Å². The molecule has 0 aliphatic carbocycles. The molecule has 0 bridgehead atoms. The first-order valence-electron chi connectivity index (χ1n) is 8.18. The zero-order valence-electron chi connectivity index (χ0n) is 14.4. The number of benzene rings is 2. The molecule has 2 aromatic carbocycles. The van der Waals surface area contributed by atoms with Crippen LogP contribution in [0.4, 0.5) is 10.1 Å². The second-order valence-electron chi connectivity index (χ2n) is 5.87. The van der Waals surface area contributed by atoms with Crippen LogP contribution < -0.4 is 5.32 Å². The van der Waals surface area contributed by atoms with Gasteiger partial charge in [-0.15, -0.1) is 11.3 Å². The van der Waals surface area contributed by atoms with Crippen molar-refractivity contribution < 1.29 is 14.1 Å². The highest BCUT2D eigenvalue weighted by molar-refractivity contribution is 7.13. The topological polar surface area (TPSA) is 85.1 Å². The van der Waals surface area contributed by atoms with E-state index in [-0.39, 0.29) is 23.0 Å². The molecule has 1 heterocycles. The van der Waals surface area contributed by atoms with E-state index in [4.69, 9.17) is 0 Å². The number of hydrogen-bond donors (Lipinski definition) is 1. The van der Waals surface area contributed by atoms with Crippen molar-refractivity contribution in [2.75, 3.05) is 6.54 Å². The van der Waals surface area contributed by atoms with Gasteiger partial charge in [0.2, 0.25) is 0 Å². The quantitative estimate of drug-likeness (QED) is 0.510. The van der Waals surface area contributed by atoms with Gasteiger partial charge in [-0.05, 0) is 25.1 Å². The van der Waals surface area contributed by atoms with Gasteiger partial charge in [0.25, 0.3) is 11.6 Å². The van der Waals surface area contributed by atoms with Crippen LogP contribution in [0.2, 0.25) is 0 Å². The zero-order chi connectivity index (χ0) is 19.4. The number of rotatable bonds is 6. The second kappa shape index (κ2) is 8.05. The Labute approximate surface area is 158 Å². The lowest BCUT2D eigenvalue weighted by Crippen LogP contribution is -2.26. The summed E-state index contributed by atoms with van der Waals surface area (Å²) in [6.45, 7) is 1.89. The number of carbonyl (C=O) groups is 1. The molecule has 8 heteroatoms. The van der Waals surface area contributed by atoms with Crippen molar-refractivity contribution in [1.82, 2.24) is 10.3 Å². The second-order valence-corrected chi connectivity index (χ2v) is 6.73. The molecule has 0 aliphatic rings. The average Bonchev–Trinajstić information content (AvgIpc) is 3.10. The lowest BCUT2D eigenvalue weighted by atomic mass is 10.1. The van der Waals surface area contributed by atoms with Crippen LogP contribution in [0.25, 0.3) is 10.6 Å². The molecule has 1 amide bonds. The highest BCUT2D eigenvalue weighted by atomic mass is 32.1. The lowest BCUT2D eigenvalue weighted by molar-refractivity contribution is -0.385. The molecule has 0 unspecified atom stereocenters. The monoisotopic (exact) mass is 385 g/mol. The summed E-state index contributed by atoms with van der Waals surface area (Å²) in [5.41, 5.74) is 2.03. The largest absolute Gasteiger partial charge is 0.352 e. The molecule has 6 nitrogen and oxygen atoms in total. The summed E-state index contributed by atoms with van der Waals surface area (Å²) >= 11 is 1.41. The molecule has 138 valence electrons. The van der Waals surface area contributed by atoms with E-state index in [2.05, 4.69) is 10.3 Å². The van der Waals surface area contributed by atoms with Gasteiger partial charge in [-0.2, -0.15) is 0 Å². The molecular weight excluding hydrogens is 369 g/mol. The number of aromatic nitrogens is 1. The van der Waals surface area contributed by atoms with Gasteiger partial charge in [-0.3, -0.25) is 14.9 Å². The van der Waals surface area contributed by atoms with E-state index in [0.29, 0.717) is 29.1 Å². The number of halogens is 1. The van der Waals surface area contributed by atoms with Gasteiger partial charge in [-0.1, -0.05) is 18.2 Å². The first-order valence-corrected chi connectivity index (χ1v) is 9.06. The highest BCUT2D eigenvalue weighted by Crippen LogP contribution is 2.24. The maximum Gasteiger partial charge on any atom is 0.273 e. The lowest BCUT2D eigenvalue weighted by Gasteiger charge is -2.07. The number of amides is 1. The van der Waals surface area contributed by atoms with Crippen LogP contribution in [0, 0.1) is 22.9 Å². The number of nitrogens with zero attached hydrogens (tertiary/aromatic N) is 2. The Bertz CT molecular complexity index is 1000. The summed E-state index contributed by atoms with van der Waals surface area (Å²) < 4.78 is 13.3. The van der Waals surface area contributed by atoms with Gasteiger partial charge in [0.15, 0.2) is 0 Å². The van der Waals surface area contributed by atoms with Gasteiger partial charge in [0.1, 0.15) is 10.8 Å². The Balaban J connectivity index is 1.61. The fraction of sp³-hybridized carbons (Fsp3) is 0.158. The van der Waals surface area contributed by atoms with Crippen LogP contribution in [0.3, 0.4) is 0 Å². The maximum absolute atomic E-state index is 13.3. The minimum absolute atomic E-state index is 0.0816. The number of thiazole rings is 1. The third-order valence-electron chi connectivity index (χ3n) is 4.04. The van der Waals surface area contributed by atoms with Crippen LogP contribution in [0.1, 0.15) is 21.6 Å². The molecule has 27 heavy (non-hydrogen) atoms. The summed E-state index contributed by atoms with van der Waals surface area (Å²) in [6, 6.07) is 10.6. The average molecular weight is 385 g/mol. The molecule has 3 rings (SSSR count). The van der Waals surface area contributed by atoms with Gasteiger partial charge < -0.3 is 5.32 Å². The van der Waals surface area contributed by atoms with E-state index in [1.54, 1.807) is 25.1 Å². The Morgan fingerprint density at radius 1 is 1.30 bits per heavy atom. The molecule has 0 saturated carbocycles. The molecule has 0 spiro atoms. The first kappa shape index (κ1) is 18.7. The van der Waals surface area contributed by atoms with Gasteiger partial charge >= 0.3 is 0 Å². The van der Waals surface area contributed by atoms with Gasteiger partial charge in [0, 0.05) is 41.1 Å². The third kappa shape index (κ3) is 4.35. The molecule has 0 atom stereocenters. The predicted octanol–water partition coefficient (Wildman–Crippen LogP) is 4.14. The SMILES string of the molecule is Cc1c(C(=O)NCCc2csc(-c3cccc(F)c3)n2)cccc1[N+](=O)[O-]. The minimum atomic E-state index is -0.505. The van der Waals surface area contributed by atoms with Crippen molar-refractivity contribution in [3.63, 3.8) is 0 Å². The predicted molar refractivity (Wildman–Crippen MR) is 101 cm³/mol. The Kier molecular flexibility index (Phi) is 5.56. The van der Waals surface area contributed by atoms with Crippen molar-refractivity contribution in [3.8, 4) is 10.6 Å². The summed E-state index contributed by atoms with van der Waals surface area (Å²) in [5.74, 6) is -0.680. The summed E-state index contributed by atoms with van der Waals surface area (Å²) in [5, 5.41) is 16.3. The van der Waals surface area contributed by atoms with Crippen LogP contribution >= 0.6 is 11.3 Å². The normalized spacial score (nSPS) is 10.6. The number of nitro benzene ring substituents is 1. The molecule has 0 fully saturated rings. The highest BCUT2D eigenvalue weighted by Gasteiger charge is 2.17. The summed E-state index contributed by atoms with van der Waals surface area (Å²) in [4.78, 5) is 27.2. The molecule has 0 aliphatic heterocycles. The van der Waals surface area contributed by atoms with Crippen LogP contribution in [-0.2, 0) is 6.42 Å². The fourth-order valence-electron chi connectivity index (χ4n) is 2.64. The first-order chi connectivity index (χ1) is 13.0. The fourth-order valence-corrected chi connectivity index (χ4v) is 3.49. The molecule has 3 aromatic rings. The van der Waals surface area contributed by atoms with E-state index >= 15 is 0 Å². The molecule has 0 radical (unpaired) electrons. The van der Waals surface area contributed by atoms with E-state index < -0.39 is 4.92 Å². The minimum Gasteiger partial charge on any atom is -0.352 e. The van der Waals surface area contributed by atoms with Gasteiger partial charge in [0.05, 0.1) is 10.6 Å². The summed E-state index contributed by atoms with van der Waals surface area (Å²) in [7, 11) is 0. The molecule has 1 aromatic heterocycles. The van der Waals surface area contributed by atoms with Crippen molar-refractivity contribution in [1.29, 1.82) is 0 Å². The van der Waals surface area contributed by atoms with Gasteiger partial charge in [-0.25, -0.2) is 9.37 Å². The van der Waals surface area contributed by atoms with E-state index in [1.807, 2.05) is 5.38 Å². The van der Waals surface area contributed by atoms with Crippen molar-refractivity contribution in [2.24, 2.45) is 0 Å². The molecule has 1 N–H and O–H groups in total. The van der Waals surface area contributed by atoms with Crippen molar-refractivity contribution in [3.05, 3.63) is 80.6 Å². The number of hydrogen-bond acceptors (Lipinski definition) is 5. The van der Waals surface area contributed by atoms with Crippen molar-refractivity contribution >= 4 is 22.9 Å². The maximum atomic E-state index is 13.3. The number of nitrogens with one attached hydrogen (secondary N) is 1. The number of nitro groups is 1. The van der Waals surface area contributed by atoms with Crippen LogP contribution in [-0.4, -0.2) is 22.4 Å². The van der Waals surface area contributed by atoms with E-state index in [9.17, 15) is 19.3 Å². The summed E-state index contributed by atoms with van der Waals surface area (Å²) in [6.07, 6.45) is 0.505. The van der Waals surface area contributed by atoms with E-state index in [1.165, 1.54) is 35.6 Å². The van der Waals surface area contributed by atoms with E-state index in [0.717, 1.165) is 5.69 Å². The Hall–Kier alpha value is -3.13. The Morgan fingerprint density at radius 2 is 2.07 bits per heavy atom.